The number of ether oxygens (including phenoxy) is 1. The van der Waals surface area contributed by atoms with Crippen LogP contribution >= 0.6 is 0 Å². The molecule has 0 unspecified atom stereocenters. The lowest BCUT2D eigenvalue weighted by molar-refractivity contribution is 0.0527. The topological polar surface area (TPSA) is 55.6 Å². The fraction of sp³-hybridized carbons (Fsp3) is 0.462. The minimum atomic E-state index is -0.527. The van der Waals surface area contributed by atoms with Gasteiger partial charge >= 0.3 is 5.97 Å². The molecule has 2 N–H and O–H groups in total. The van der Waals surface area contributed by atoms with Gasteiger partial charge in [0.15, 0.2) is 0 Å². The van der Waals surface area contributed by atoms with Gasteiger partial charge in [0.1, 0.15) is 5.82 Å². The molecule has 0 saturated carbocycles. The maximum atomic E-state index is 13.8. The lowest BCUT2D eigenvalue weighted by Gasteiger charge is -2.20. The highest BCUT2D eigenvalue weighted by Crippen LogP contribution is 2.25. The van der Waals surface area contributed by atoms with Gasteiger partial charge in [-0.15, -0.1) is 0 Å². The number of anilines is 2. The van der Waals surface area contributed by atoms with E-state index in [1.54, 1.807) is 18.9 Å². The molecule has 0 aliphatic heterocycles. The maximum Gasteiger partial charge on any atom is 0.340 e. The van der Waals surface area contributed by atoms with Crippen LogP contribution in [-0.2, 0) is 4.74 Å². The predicted octanol–water partition coefficient (Wildman–Crippen LogP) is 2.43. The molecule has 1 aromatic carbocycles. The van der Waals surface area contributed by atoms with Gasteiger partial charge in [-0.25, -0.2) is 9.18 Å². The number of benzene rings is 1. The third kappa shape index (κ3) is 3.12. The van der Waals surface area contributed by atoms with E-state index in [0.29, 0.717) is 12.2 Å². The van der Waals surface area contributed by atoms with Gasteiger partial charge in [-0.3, -0.25) is 0 Å². The average Bonchev–Trinajstić information content (AvgIpc) is 2.29. The van der Waals surface area contributed by atoms with Crippen molar-refractivity contribution in [2.45, 2.75) is 20.3 Å². The lowest BCUT2D eigenvalue weighted by Crippen LogP contribution is -2.20. The Morgan fingerprint density at radius 1 is 1.44 bits per heavy atom. The van der Waals surface area contributed by atoms with Crippen LogP contribution in [0.15, 0.2) is 12.1 Å². The first-order valence-electron chi connectivity index (χ1n) is 5.98. The maximum absolute atomic E-state index is 13.8. The van der Waals surface area contributed by atoms with Crippen molar-refractivity contribution in [3.63, 3.8) is 0 Å². The molecule has 0 atom stereocenters. The Balaban J connectivity index is 3.13. The number of nitrogens with zero attached hydrogens (tertiary/aromatic N) is 1. The molecule has 100 valence electrons. The van der Waals surface area contributed by atoms with Crippen molar-refractivity contribution in [2.24, 2.45) is 0 Å². The number of nitrogens with two attached hydrogens (primary N) is 1. The third-order valence-electron chi connectivity index (χ3n) is 2.58. The molecule has 0 aliphatic carbocycles. The lowest BCUT2D eigenvalue weighted by atomic mass is 10.1. The standard InChI is InChI=1S/C13H19FN2O2/c1-4-6-16(3)12-7-9(13(17)18-5-2)11(15)8-10(12)14/h7-8H,4-6,15H2,1-3H3. The first kappa shape index (κ1) is 14.3. The Bertz CT molecular complexity index is 435. The summed E-state index contributed by atoms with van der Waals surface area (Å²) in [5, 5.41) is 0. The number of rotatable bonds is 5. The monoisotopic (exact) mass is 254 g/mol. The summed E-state index contributed by atoms with van der Waals surface area (Å²) in [5.41, 5.74) is 6.29. The van der Waals surface area contributed by atoms with E-state index in [9.17, 15) is 9.18 Å². The molecular weight excluding hydrogens is 235 g/mol. The van der Waals surface area contributed by atoms with E-state index in [-0.39, 0.29) is 17.9 Å². The highest BCUT2D eigenvalue weighted by molar-refractivity contribution is 5.96. The van der Waals surface area contributed by atoms with Crippen LogP contribution in [0.25, 0.3) is 0 Å². The van der Waals surface area contributed by atoms with Gasteiger partial charge < -0.3 is 15.4 Å². The SMILES string of the molecule is CCCN(C)c1cc(C(=O)OCC)c(N)cc1F. The summed E-state index contributed by atoms with van der Waals surface area (Å²) in [4.78, 5) is 13.4. The number of esters is 1. The van der Waals surface area contributed by atoms with Crippen molar-refractivity contribution < 1.29 is 13.9 Å². The quantitative estimate of drug-likeness (QED) is 0.647. The molecular formula is C13H19FN2O2. The smallest absolute Gasteiger partial charge is 0.340 e. The van der Waals surface area contributed by atoms with Crippen LogP contribution in [-0.4, -0.2) is 26.2 Å². The molecule has 0 aliphatic rings. The van der Waals surface area contributed by atoms with Crippen LogP contribution < -0.4 is 10.6 Å². The molecule has 0 amide bonds. The molecule has 0 radical (unpaired) electrons. The molecule has 5 heteroatoms. The number of hydrogen-bond donors (Lipinski definition) is 1. The van der Waals surface area contributed by atoms with Crippen molar-refractivity contribution in [1.82, 2.24) is 0 Å². The minimum Gasteiger partial charge on any atom is -0.462 e. The second-order valence-corrected chi connectivity index (χ2v) is 4.03. The molecule has 0 saturated heterocycles. The largest absolute Gasteiger partial charge is 0.462 e. The van der Waals surface area contributed by atoms with Gasteiger partial charge in [0.2, 0.25) is 0 Å². The summed E-state index contributed by atoms with van der Waals surface area (Å²) < 4.78 is 18.7. The second-order valence-electron chi connectivity index (χ2n) is 4.03. The Kier molecular flexibility index (Phi) is 4.95. The Morgan fingerprint density at radius 3 is 2.67 bits per heavy atom. The van der Waals surface area contributed by atoms with Gasteiger partial charge in [-0.1, -0.05) is 6.92 Å². The summed E-state index contributed by atoms with van der Waals surface area (Å²) in [5.74, 6) is -0.961. The fourth-order valence-corrected chi connectivity index (χ4v) is 1.71. The number of nitrogen functional groups attached to an aromatic ring is 1. The normalized spacial score (nSPS) is 10.2. The zero-order chi connectivity index (χ0) is 13.7. The van der Waals surface area contributed by atoms with Crippen molar-refractivity contribution in [1.29, 1.82) is 0 Å². The predicted molar refractivity (Wildman–Crippen MR) is 70.3 cm³/mol. The van der Waals surface area contributed by atoms with Gasteiger partial charge in [0.25, 0.3) is 0 Å². The van der Waals surface area contributed by atoms with Crippen LogP contribution in [0, 0.1) is 5.82 Å². The summed E-state index contributed by atoms with van der Waals surface area (Å²) in [6, 6.07) is 2.60. The van der Waals surface area contributed by atoms with Gasteiger partial charge in [0.05, 0.1) is 17.9 Å². The van der Waals surface area contributed by atoms with Crippen LogP contribution in [0.1, 0.15) is 30.6 Å². The molecule has 1 rings (SSSR count). The first-order valence-corrected chi connectivity index (χ1v) is 5.98. The van der Waals surface area contributed by atoms with Crippen LogP contribution in [0.4, 0.5) is 15.8 Å². The molecule has 0 aromatic heterocycles. The van der Waals surface area contributed by atoms with E-state index in [1.807, 2.05) is 6.92 Å². The van der Waals surface area contributed by atoms with Crippen molar-refractivity contribution >= 4 is 17.3 Å². The summed E-state index contributed by atoms with van der Waals surface area (Å²) in [6.07, 6.45) is 0.884. The third-order valence-corrected chi connectivity index (χ3v) is 2.58. The first-order chi connectivity index (χ1) is 8.51. The number of hydrogen-bond acceptors (Lipinski definition) is 4. The van der Waals surface area contributed by atoms with E-state index in [2.05, 4.69) is 0 Å². The van der Waals surface area contributed by atoms with E-state index < -0.39 is 11.8 Å². The number of carbonyl (C=O) groups excluding carboxylic acids is 1. The van der Waals surface area contributed by atoms with E-state index in [1.165, 1.54) is 6.07 Å². The summed E-state index contributed by atoms with van der Waals surface area (Å²) in [7, 11) is 1.77. The van der Waals surface area contributed by atoms with Crippen molar-refractivity contribution in [3.05, 3.63) is 23.5 Å². The molecule has 4 nitrogen and oxygen atoms in total. The fourth-order valence-electron chi connectivity index (χ4n) is 1.71. The average molecular weight is 254 g/mol. The van der Waals surface area contributed by atoms with E-state index in [4.69, 9.17) is 10.5 Å². The minimum absolute atomic E-state index is 0.0969. The van der Waals surface area contributed by atoms with E-state index in [0.717, 1.165) is 12.5 Å². The molecule has 0 spiro atoms. The summed E-state index contributed by atoms with van der Waals surface area (Å²) in [6.45, 7) is 4.67. The number of carbonyl (C=O) groups is 1. The molecule has 0 bridgehead atoms. The van der Waals surface area contributed by atoms with Gasteiger partial charge in [0, 0.05) is 19.3 Å². The van der Waals surface area contributed by atoms with Crippen LogP contribution in [0.2, 0.25) is 0 Å². The van der Waals surface area contributed by atoms with E-state index >= 15 is 0 Å². The summed E-state index contributed by atoms with van der Waals surface area (Å²) >= 11 is 0. The highest BCUT2D eigenvalue weighted by atomic mass is 19.1. The molecule has 0 heterocycles. The zero-order valence-electron chi connectivity index (χ0n) is 11.0. The Hall–Kier alpha value is -1.78. The molecule has 18 heavy (non-hydrogen) atoms. The van der Waals surface area contributed by atoms with Crippen molar-refractivity contribution in [3.8, 4) is 0 Å². The molecule has 0 fully saturated rings. The highest BCUT2D eigenvalue weighted by Gasteiger charge is 2.16. The Morgan fingerprint density at radius 2 is 2.11 bits per heavy atom. The van der Waals surface area contributed by atoms with Crippen LogP contribution in [0.3, 0.4) is 0 Å². The Labute approximate surface area is 107 Å². The van der Waals surface area contributed by atoms with Crippen LogP contribution in [0.5, 0.6) is 0 Å². The number of halogens is 1. The van der Waals surface area contributed by atoms with Gasteiger partial charge in [-0.05, 0) is 25.5 Å². The van der Waals surface area contributed by atoms with Gasteiger partial charge in [-0.2, -0.15) is 0 Å². The molecule has 1 aromatic rings. The zero-order valence-corrected chi connectivity index (χ0v) is 11.0. The van der Waals surface area contributed by atoms with Crippen molar-refractivity contribution in [2.75, 3.05) is 30.8 Å². The second kappa shape index (κ2) is 6.23.